The van der Waals surface area contributed by atoms with Crippen LogP contribution < -0.4 is 10.1 Å². The molecule has 0 spiro atoms. The molecule has 1 aliphatic carbocycles. The summed E-state index contributed by atoms with van der Waals surface area (Å²) in [4.78, 5) is 13.8. The molecule has 6 nitrogen and oxygen atoms in total. The molecule has 1 aromatic carbocycles. The fraction of sp³-hybridized carbons (Fsp3) is 0.316. The molecular weight excluding hydrogens is 416 g/mol. The summed E-state index contributed by atoms with van der Waals surface area (Å²) in [5.41, 5.74) is 0.551. The van der Waals surface area contributed by atoms with Crippen LogP contribution in [0.3, 0.4) is 0 Å². The highest BCUT2D eigenvalue weighted by Crippen LogP contribution is 2.42. The lowest BCUT2D eigenvalue weighted by Gasteiger charge is -2.15. The fourth-order valence-electron chi connectivity index (χ4n) is 2.82. The smallest absolute Gasteiger partial charge is 0.237 e. The van der Waals surface area contributed by atoms with Crippen LogP contribution in [0.5, 0.6) is 5.75 Å². The minimum atomic E-state index is -0.360. The van der Waals surface area contributed by atoms with Crippen molar-refractivity contribution >= 4 is 46.3 Å². The van der Waals surface area contributed by atoms with E-state index in [1.807, 2.05) is 24.4 Å². The summed E-state index contributed by atoms with van der Waals surface area (Å²) in [7, 11) is 1.56. The van der Waals surface area contributed by atoms with E-state index in [0.717, 1.165) is 28.7 Å². The fourth-order valence-corrected chi connectivity index (χ4v) is 4.61. The Kier molecular flexibility index (Phi) is 5.61. The maximum Gasteiger partial charge on any atom is 0.237 e. The molecule has 0 unspecified atom stereocenters. The van der Waals surface area contributed by atoms with E-state index in [1.165, 1.54) is 11.8 Å². The summed E-state index contributed by atoms with van der Waals surface area (Å²) in [6, 6.07) is 9.59. The number of aromatic nitrogens is 3. The van der Waals surface area contributed by atoms with Crippen molar-refractivity contribution in [3.63, 3.8) is 0 Å². The average Bonchev–Trinajstić information content (AvgIpc) is 3.20. The highest BCUT2D eigenvalue weighted by Gasteiger charge is 2.31. The quantitative estimate of drug-likeness (QED) is 0.522. The summed E-state index contributed by atoms with van der Waals surface area (Å²) < 4.78 is 7.46. The van der Waals surface area contributed by atoms with Crippen LogP contribution in [0.15, 0.2) is 40.9 Å². The number of nitrogens with zero attached hydrogens (tertiary/aromatic N) is 3. The van der Waals surface area contributed by atoms with Crippen molar-refractivity contribution < 1.29 is 9.53 Å². The largest absolute Gasteiger partial charge is 0.495 e. The summed E-state index contributed by atoms with van der Waals surface area (Å²) in [6.07, 6.45) is 2.23. The zero-order chi connectivity index (χ0) is 19.7. The van der Waals surface area contributed by atoms with E-state index in [9.17, 15) is 4.79 Å². The van der Waals surface area contributed by atoms with Gasteiger partial charge in [-0.25, -0.2) is 0 Å². The highest BCUT2D eigenvalue weighted by atomic mass is 35.5. The SMILES string of the molecule is COc1ccc(Cl)cc1NC(=O)[C@H](C)Sc1nnc(-c2cccs2)n1C1CC1. The molecule has 4 rings (SSSR count). The van der Waals surface area contributed by atoms with Gasteiger partial charge in [0.25, 0.3) is 0 Å². The number of thioether (sulfide) groups is 1. The Morgan fingerprint density at radius 3 is 2.89 bits per heavy atom. The maximum absolute atomic E-state index is 12.7. The number of hydrogen-bond acceptors (Lipinski definition) is 6. The molecule has 2 heterocycles. The molecule has 1 atom stereocenters. The molecule has 9 heteroatoms. The molecule has 1 saturated carbocycles. The molecular formula is C19H19ClN4O2S2. The third-order valence-electron chi connectivity index (χ3n) is 4.39. The van der Waals surface area contributed by atoms with Crippen LogP contribution >= 0.6 is 34.7 Å². The van der Waals surface area contributed by atoms with Crippen LogP contribution in [-0.2, 0) is 4.79 Å². The van der Waals surface area contributed by atoms with Crippen molar-refractivity contribution in [1.82, 2.24) is 14.8 Å². The van der Waals surface area contributed by atoms with Crippen LogP contribution in [0.2, 0.25) is 5.02 Å². The number of halogens is 1. The van der Waals surface area contributed by atoms with Crippen molar-refractivity contribution in [2.45, 2.75) is 36.2 Å². The van der Waals surface area contributed by atoms with Gasteiger partial charge in [0.2, 0.25) is 5.91 Å². The summed E-state index contributed by atoms with van der Waals surface area (Å²) in [5, 5.41) is 14.6. The molecule has 1 aliphatic rings. The Bertz CT molecular complexity index is 986. The van der Waals surface area contributed by atoms with Crippen molar-refractivity contribution in [1.29, 1.82) is 0 Å². The zero-order valence-electron chi connectivity index (χ0n) is 15.4. The molecule has 0 bridgehead atoms. The first-order chi connectivity index (χ1) is 13.6. The standard InChI is InChI=1S/C19H19ClN4O2S2/c1-11(18(25)21-14-10-12(20)5-8-15(14)26-2)28-19-23-22-17(16-4-3-9-27-16)24(19)13-6-7-13/h3-5,8-11,13H,6-7H2,1-2H3,(H,21,25)/t11-/m0/s1. The van der Waals surface area contributed by atoms with E-state index < -0.39 is 0 Å². The van der Waals surface area contributed by atoms with Crippen molar-refractivity contribution in [3.05, 3.63) is 40.7 Å². The van der Waals surface area contributed by atoms with E-state index >= 15 is 0 Å². The molecule has 2 aromatic heterocycles. The summed E-state index contributed by atoms with van der Waals surface area (Å²) >= 11 is 9.10. The predicted molar refractivity (Wildman–Crippen MR) is 114 cm³/mol. The van der Waals surface area contributed by atoms with E-state index in [4.69, 9.17) is 16.3 Å². The van der Waals surface area contributed by atoms with Gasteiger partial charge in [-0.15, -0.1) is 21.5 Å². The summed E-state index contributed by atoms with van der Waals surface area (Å²) in [5.74, 6) is 1.30. The molecule has 146 valence electrons. The number of anilines is 1. The van der Waals surface area contributed by atoms with Crippen LogP contribution in [-0.4, -0.2) is 33.0 Å². The third-order valence-corrected chi connectivity index (χ3v) is 6.55. The van der Waals surface area contributed by atoms with Gasteiger partial charge in [0.1, 0.15) is 5.75 Å². The van der Waals surface area contributed by atoms with E-state index in [2.05, 4.69) is 20.1 Å². The third kappa shape index (κ3) is 4.04. The van der Waals surface area contributed by atoms with Crippen LogP contribution in [0.25, 0.3) is 10.7 Å². The van der Waals surface area contributed by atoms with Crippen molar-refractivity contribution in [2.24, 2.45) is 0 Å². The van der Waals surface area contributed by atoms with Crippen LogP contribution in [0, 0.1) is 0 Å². The van der Waals surface area contributed by atoms with Crippen molar-refractivity contribution in [2.75, 3.05) is 12.4 Å². The monoisotopic (exact) mass is 434 g/mol. The van der Waals surface area contributed by atoms with Gasteiger partial charge in [-0.2, -0.15) is 0 Å². The van der Waals surface area contributed by atoms with Gasteiger partial charge in [-0.1, -0.05) is 29.4 Å². The Hall–Kier alpha value is -2.03. The van der Waals surface area contributed by atoms with E-state index in [1.54, 1.807) is 36.6 Å². The second-order valence-corrected chi connectivity index (χ2v) is 9.17. The lowest BCUT2D eigenvalue weighted by molar-refractivity contribution is -0.115. The molecule has 1 N–H and O–H groups in total. The number of rotatable bonds is 7. The number of hydrogen-bond donors (Lipinski definition) is 1. The topological polar surface area (TPSA) is 69.0 Å². The Morgan fingerprint density at radius 2 is 2.21 bits per heavy atom. The number of benzene rings is 1. The highest BCUT2D eigenvalue weighted by molar-refractivity contribution is 8.00. The van der Waals surface area contributed by atoms with Crippen LogP contribution in [0.4, 0.5) is 5.69 Å². The maximum atomic E-state index is 12.7. The van der Waals surface area contributed by atoms with Gasteiger partial charge in [0.05, 0.1) is 22.9 Å². The molecule has 1 amide bonds. The molecule has 0 radical (unpaired) electrons. The molecule has 28 heavy (non-hydrogen) atoms. The first kappa shape index (κ1) is 19.3. The first-order valence-electron chi connectivity index (χ1n) is 8.86. The van der Waals surface area contributed by atoms with Gasteiger partial charge in [0, 0.05) is 11.1 Å². The predicted octanol–water partition coefficient (Wildman–Crippen LogP) is 5.12. The van der Waals surface area contributed by atoms with Gasteiger partial charge >= 0.3 is 0 Å². The number of carbonyl (C=O) groups is 1. The second-order valence-electron chi connectivity index (χ2n) is 6.48. The number of thiophene rings is 1. The van der Waals surface area contributed by atoms with E-state index in [-0.39, 0.29) is 11.2 Å². The minimum absolute atomic E-state index is 0.145. The van der Waals surface area contributed by atoms with Crippen molar-refractivity contribution in [3.8, 4) is 16.5 Å². The van der Waals surface area contributed by atoms with Gasteiger partial charge in [-0.3, -0.25) is 9.36 Å². The number of nitrogens with one attached hydrogen (secondary N) is 1. The van der Waals surface area contributed by atoms with Gasteiger partial charge < -0.3 is 10.1 Å². The first-order valence-corrected chi connectivity index (χ1v) is 11.0. The van der Waals surface area contributed by atoms with E-state index in [0.29, 0.717) is 22.5 Å². The van der Waals surface area contributed by atoms with Gasteiger partial charge in [-0.05, 0) is 49.4 Å². The molecule has 0 aliphatic heterocycles. The minimum Gasteiger partial charge on any atom is -0.495 e. The Morgan fingerprint density at radius 1 is 1.39 bits per heavy atom. The number of ether oxygens (including phenoxy) is 1. The van der Waals surface area contributed by atoms with Gasteiger partial charge in [0.15, 0.2) is 11.0 Å². The molecule has 0 saturated heterocycles. The number of carbonyl (C=O) groups excluding carboxylic acids is 1. The molecule has 3 aromatic rings. The lowest BCUT2D eigenvalue weighted by Crippen LogP contribution is -2.23. The Labute approximate surface area is 176 Å². The normalized spacial score (nSPS) is 14.7. The lowest BCUT2D eigenvalue weighted by atomic mass is 10.3. The zero-order valence-corrected chi connectivity index (χ0v) is 17.8. The molecule has 1 fully saturated rings. The average molecular weight is 435 g/mol. The number of methoxy groups -OCH3 is 1. The van der Waals surface area contributed by atoms with Crippen LogP contribution in [0.1, 0.15) is 25.8 Å². The second kappa shape index (κ2) is 8.14. The Balaban J connectivity index is 1.52. The summed E-state index contributed by atoms with van der Waals surface area (Å²) in [6.45, 7) is 1.85. The number of amides is 1.